The molecule has 0 saturated carbocycles. The molecule has 0 unspecified atom stereocenters. The van der Waals surface area contributed by atoms with Gasteiger partial charge in [-0.1, -0.05) is 0 Å². The van der Waals surface area contributed by atoms with Crippen LogP contribution in [0.4, 0.5) is 18.0 Å². The van der Waals surface area contributed by atoms with Crippen LogP contribution in [0.15, 0.2) is 18.2 Å². The van der Waals surface area contributed by atoms with Gasteiger partial charge in [0.15, 0.2) is 0 Å². The molecule has 116 valence electrons. The maximum Gasteiger partial charge on any atom is 0.416 e. The highest BCUT2D eigenvalue weighted by Crippen LogP contribution is 2.32. The Hall–Kier alpha value is -2.45. The van der Waals surface area contributed by atoms with Gasteiger partial charge in [-0.3, -0.25) is 4.79 Å². The fraction of sp³-hybridized carbons (Fsp3) is 0.333. The summed E-state index contributed by atoms with van der Waals surface area (Å²) in [5, 5.41) is 4.58. The van der Waals surface area contributed by atoms with Gasteiger partial charge in [0.05, 0.1) is 18.2 Å². The predicted octanol–water partition coefficient (Wildman–Crippen LogP) is 1.11. The average molecular weight is 305 g/mol. The molecule has 4 N–H and O–H groups in total. The lowest BCUT2D eigenvalue weighted by molar-refractivity contribution is -0.137. The van der Waals surface area contributed by atoms with E-state index >= 15 is 0 Å². The predicted molar refractivity (Wildman–Crippen MR) is 67.9 cm³/mol. The second kappa shape index (κ2) is 6.82. The third kappa shape index (κ3) is 4.86. The summed E-state index contributed by atoms with van der Waals surface area (Å²) in [5.74, 6) is -0.729. The maximum atomic E-state index is 12.6. The van der Waals surface area contributed by atoms with Crippen molar-refractivity contribution in [1.82, 2.24) is 10.6 Å². The summed E-state index contributed by atoms with van der Waals surface area (Å²) in [4.78, 5) is 22.3. The number of methoxy groups -OCH3 is 1. The minimum Gasteiger partial charge on any atom is -0.496 e. The highest BCUT2D eigenvalue weighted by molar-refractivity contribution is 5.97. The third-order valence-corrected chi connectivity index (χ3v) is 2.48. The van der Waals surface area contributed by atoms with Crippen molar-refractivity contribution in [3.8, 4) is 5.75 Å². The van der Waals surface area contributed by atoms with Crippen LogP contribution in [0.3, 0.4) is 0 Å². The van der Waals surface area contributed by atoms with Gasteiger partial charge < -0.3 is 21.1 Å². The third-order valence-electron chi connectivity index (χ3n) is 2.48. The number of carbonyl (C=O) groups is 2. The van der Waals surface area contributed by atoms with Crippen LogP contribution in [0, 0.1) is 0 Å². The number of alkyl halides is 3. The lowest BCUT2D eigenvalue weighted by Gasteiger charge is -2.13. The molecule has 0 aliphatic carbocycles. The van der Waals surface area contributed by atoms with E-state index in [2.05, 4.69) is 10.6 Å². The zero-order valence-electron chi connectivity index (χ0n) is 11.1. The van der Waals surface area contributed by atoms with E-state index in [1.54, 1.807) is 0 Å². The Labute approximate surface area is 118 Å². The lowest BCUT2D eigenvalue weighted by atomic mass is 10.1. The number of nitrogens with one attached hydrogen (secondary N) is 2. The number of hydrogen-bond acceptors (Lipinski definition) is 3. The number of hydrogen-bond donors (Lipinski definition) is 3. The number of primary amides is 1. The van der Waals surface area contributed by atoms with Gasteiger partial charge in [0.25, 0.3) is 5.91 Å². The van der Waals surface area contributed by atoms with Crippen molar-refractivity contribution in [2.24, 2.45) is 5.73 Å². The minimum atomic E-state index is -4.56. The topological polar surface area (TPSA) is 93.4 Å². The van der Waals surface area contributed by atoms with Gasteiger partial charge in [-0.05, 0) is 18.2 Å². The summed E-state index contributed by atoms with van der Waals surface area (Å²) in [7, 11) is 1.24. The number of halogens is 3. The molecule has 0 spiro atoms. The van der Waals surface area contributed by atoms with Crippen molar-refractivity contribution >= 4 is 11.9 Å². The van der Waals surface area contributed by atoms with Crippen LogP contribution in [0.25, 0.3) is 0 Å². The number of nitrogens with two attached hydrogens (primary N) is 1. The van der Waals surface area contributed by atoms with Gasteiger partial charge in [0.2, 0.25) is 0 Å². The van der Waals surface area contributed by atoms with Crippen LogP contribution in [-0.2, 0) is 6.18 Å². The molecule has 0 aliphatic rings. The Morgan fingerprint density at radius 1 is 1.24 bits per heavy atom. The van der Waals surface area contributed by atoms with Crippen LogP contribution >= 0.6 is 0 Å². The van der Waals surface area contributed by atoms with Crippen LogP contribution in [0.2, 0.25) is 0 Å². The normalized spacial score (nSPS) is 10.9. The van der Waals surface area contributed by atoms with E-state index in [0.29, 0.717) is 6.07 Å². The zero-order chi connectivity index (χ0) is 16.0. The summed E-state index contributed by atoms with van der Waals surface area (Å²) >= 11 is 0. The Kier molecular flexibility index (Phi) is 5.39. The van der Waals surface area contributed by atoms with Crippen LogP contribution in [0.1, 0.15) is 15.9 Å². The monoisotopic (exact) mass is 305 g/mol. The molecule has 0 heterocycles. The van der Waals surface area contributed by atoms with Crippen molar-refractivity contribution in [3.63, 3.8) is 0 Å². The van der Waals surface area contributed by atoms with Crippen LogP contribution in [0.5, 0.6) is 5.75 Å². The highest BCUT2D eigenvalue weighted by atomic mass is 19.4. The van der Waals surface area contributed by atoms with Crippen molar-refractivity contribution in [2.75, 3.05) is 20.2 Å². The molecule has 3 amide bonds. The first-order chi connectivity index (χ1) is 9.75. The maximum absolute atomic E-state index is 12.6. The van der Waals surface area contributed by atoms with Gasteiger partial charge in [-0.15, -0.1) is 0 Å². The summed E-state index contributed by atoms with van der Waals surface area (Å²) in [6.07, 6.45) is -4.56. The Morgan fingerprint density at radius 2 is 1.86 bits per heavy atom. The first-order valence-electron chi connectivity index (χ1n) is 5.82. The highest BCUT2D eigenvalue weighted by Gasteiger charge is 2.32. The molecule has 0 aliphatic heterocycles. The molecule has 0 bridgehead atoms. The molecule has 1 aromatic carbocycles. The second-order valence-corrected chi connectivity index (χ2v) is 3.96. The van der Waals surface area contributed by atoms with E-state index in [-0.39, 0.29) is 24.4 Å². The number of urea groups is 1. The van der Waals surface area contributed by atoms with E-state index in [4.69, 9.17) is 10.5 Å². The summed E-state index contributed by atoms with van der Waals surface area (Å²) in [5.41, 5.74) is 3.63. The van der Waals surface area contributed by atoms with Crippen molar-refractivity contribution in [3.05, 3.63) is 29.3 Å². The van der Waals surface area contributed by atoms with Gasteiger partial charge in [-0.25, -0.2) is 4.79 Å². The van der Waals surface area contributed by atoms with Gasteiger partial charge in [0.1, 0.15) is 5.75 Å². The molecular formula is C12H14F3N3O3. The van der Waals surface area contributed by atoms with Crippen molar-refractivity contribution in [2.45, 2.75) is 6.18 Å². The summed E-state index contributed by atoms with van der Waals surface area (Å²) < 4.78 is 42.7. The standard InChI is InChI=1S/C12H14F3N3O3/c1-21-9-3-2-7(12(13,14)15)6-8(9)10(19)17-4-5-18-11(16)20/h2-3,6H,4-5H2,1H3,(H,17,19)(H3,16,18,20). The quantitative estimate of drug-likeness (QED) is 0.711. The van der Waals surface area contributed by atoms with Crippen LogP contribution < -0.4 is 21.1 Å². The van der Waals surface area contributed by atoms with Gasteiger partial charge in [-0.2, -0.15) is 13.2 Å². The molecule has 9 heteroatoms. The zero-order valence-corrected chi connectivity index (χ0v) is 11.1. The fourth-order valence-electron chi connectivity index (χ4n) is 1.52. The number of carbonyl (C=O) groups excluding carboxylic acids is 2. The number of rotatable bonds is 5. The van der Waals surface area contributed by atoms with Gasteiger partial charge in [0, 0.05) is 13.1 Å². The summed E-state index contributed by atoms with van der Waals surface area (Å²) in [6.45, 7) is 0.0729. The Balaban J connectivity index is 2.83. The minimum absolute atomic E-state index is 0.0151. The summed E-state index contributed by atoms with van der Waals surface area (Å²) in [6, 6.07) is 1.83. The Morgan fingerprint density at radius 3 is 2.38 bits per heavy atom. The first kappa shape index (κ1) is 16.6. The molecule has 0 radical (unpaired) electrons. The number of benzene rings is 1. The molecule has 21 heavy (non-hydrogen) atoms. The van der Waals surface area contributed by atoms with E-state index < -0.39 is 23.7 Å². The van der Waals surface area contributed by atoms with E-state index in [9.17, 15) is 22.8 Å². The van der Waals surface area contributed by atoms with Crippen LogP contribution in [-0.4, -0.2) is 32.1 Å². The lowest BCUT2D eigenvalue weighted by Crippen LogP contribution is -2.37. The molecule has 1 rings (SSSR count). The SMILES string of the molecule is COc1ccc(C(F)(F)F)cc1C(=O)NCCNC(N)=O. The smallest absolute Gasteiger partial charge is 0.416 e. The van der Waals surface area contributed by atoms with Gasteiger partial charge >= 0.3 is 12.2 Å². The molecule has 1 aromatic rings. The van der Waals surface area contributed by atoms with E-state index in [1.807, 2.05) is 0 Å². The molecule has 6 nitrogen and oxygen atoms in total. The molecule has 0 fully saturated rings. The average Bonchev–Trinajstić information content (AvgIpc) is 2.41. The second-order valence-electron chi connectivity index (χ2n) is 3.96. The molecular weight excluding hydrogens is 291 g/mol. The van der Waals surface area contributed by atoms with E-state index in [1.165, 1.54) is 7.11 Å². The van der Waals surface area contributed by atoms with Crippen molar-refractivity contribution in [1.29, 1.82) is 0 Å². The fourth-order valence-corrected chi connectivity index (χ4v) is 1.52. The largest absolute Gasteiger partial charge is 0.496 e. The molecule has 0 atom stereocenters. The first-order valence-corrected chi connectivity index (χ1v) is 5.82. The number of ether oxygens (including phenoxy) is 1. The number of amides is 3. The van der Waals surface area contributed by atoms with Crippen molar-refractivity contribution < 1.29 is 27.5 Å². The Bertz CT molecular complexity index is 532. The molecule has 0 saturated heterocycles. The molecule has 0 aromatic heterocycles. The van der Waals surface area contributed by atoms with E-state index in [0.717, 1.165) is 12.1 Å².